The second-order valence-electron chi connectivity index (χ2n) is 6.27. The first-order valence-electron chi connectivity index (χ1n) is 8.20. The number of anilines is 1. The summed E-state index contributed by atoms with van der Waals surface area (Å²) >= 11 is 12.5. The van der Waals surface area contributed by atoms with Gasteiger partial charge in [-0.3, -0.25) is 4.79 Å². The van der Waals surface area contributed by atoms with E-state index in [0.29, 0.717) is 28.0 Å². The Morgan fingerprint density at radius 1 is 1.12 bits per heavy atom. The molecule has 1 heterocycles. The fraction of sp³-hybridized carbons (Fsp3) is 0.250. The lowest BCUT2D eigenvalue weighted by molar-refractivity contribution is 0.101. The van der Waals surface area contributed by atoms with Crippen molar-refractivity contribution in [2.24, 2.45) is 0 Å². The van der Waals surface area contributed by atoms with Crippen LogP contribution in [0.25, 0.3) is 10.9 Å². The van der Waals surface area contributed by atoms with Gasteiger partial charge in [-0.15, -0.1) is 0 Å². The van der Waals surface area contributed by atoms with Crippen LogP contribution in [0.3, 0.4) is 0 Å². The normalized spacial score (nSPS) is 11.1. The Hall–Kier alpha value is -1.97. The van der Waals surface area contributed by atoms with E-state index in [-0.39, 0.29) is 5.91 Å². The number of aryl methyl sites for hydroxylation is 4. The van der Waals surface area contributed by atoms with Crippen LogP contribution in [0.2, 0.25) is 10.0 Å². The molecule has 0 fully saturated rings. The van der Waals surface area contributed by atoms with Crippen molar-refractivity contribution in [3.8, 4) is 0 Å². The largest absolute Gasteiger partial charge is 0.337 e. The van der Waals surface area contributed by atoms with E-state index < -0.39 is 0 Å². The predicted octanol–water partition coefficient (Wildman–Crippen LogP) is 6.15. The van der Waals surface area contributed by atoms with Gasteiger partial charge in [0.1, 0.15) is 5.69 Å². The second kappa shape index (κ2) is 6.74. The lowest BCUT2D eigenvalue weighted by atomic mass is 10.1. The summed E-state index contributed by atoms with van der Waals surface area (Å²) in [7, 11) is 0. The van der Waals surface area contributed by atoms with Crippen LogP contribution in [0, 0.1) is 20.8 Å². The number of benzene rings is 2. The van der Waals surface area contributed by atoms with Crippen LogP contribution in [-0.4, -0.2) is 10.5 Å². The molecule has 0 aliphatic rings. The first-order valence-corrected chi connectivity index (χ1v) is 8.95. The maximum atomic E-state index is 13.0. The highest BCUT2D eigenvalue weighted by molar-refractivity contribution is 6.34. The number of fused-ring (bicyclic) bond motifs is 1. The van der Waals surface area contributed by atoms with Crippen LogP contribution >= 0.6 is 23.2 Å². The summed E-state index contributed by atoms with van der Waals surface area (Å²) in [6, 6.07) is 9.56. The van der Waals surface area contributed by atoms with Crippen LogP contribution in [-0.2, 0) is 6.54 Å². The Bertz CT molecular complexity index is 966. The number of carbonyl (C=O) groups excluding carboxylic acids is 1. The number of hydrogen-bond donors (Lipinski definition) is 1. The smallest absolute Gasteiger partial charge is 0.272 e. The van der Waals surface area contributed by atoms with Crippen molar-refractivity contribution in [2.75, 3.05) is 5.32 Å². The first-order chi connectivity index (χ1) is 11.8. The Balaban J connectivity index is 2.10. The molecule has 130 valence electrons. The van der Waals surface area contributed by atoms with Gasteiger partial charge in [-0.1, -0.05) is 29.3 Å². The summed E-state index contributed by atoms with van der Waals surface area (Å²) in [5.41, 5.74) is 5.21. The molecule has 0 atom stereocenters. The molecule has 0 aliphatic heterocycles. The van der Waals surface area contributed by atoms with E-state index in [1.54, 1.807) is 0 Å². The zero-order chi connectivity index (χ0) is 18.3. The van der Waals surface area contributed by atoms with E-state index in [9.17, 15) is 4.79 Å². The van der Waals surface area contributed by atoms with Gasteiger partial charge in [0, 0.05) is 22.5 Å². The quantitative estimate of drug-likeness (QED) is 0.586. The van der Waals surface area contributed by atoms with Crippen LogP contribution in [0.15, 0.2) is 30.3 Å². The molecule has 3 aromatic rings. The van der Waals surface area contributed by atoms with Gasteiger partial charge in [-0.2, -0.15) is 0 Å². The van der Waals surface area contributed by atoms with Crippen molar-refractivity contribution < 1.29 is 4.79 Å². The van der Waals surface area contributed by atoms with Crippen molar-refractivity contribution in [3.05, 3.63) is 62.8 Å². The minimum Gasteiger partial charge on any atom is -0.337 e. The molecule has 25 heavy (non-hydrogen) atoms. The summed E-state index contributed by atoms with van der Waals surface area (Å²) in [4.78, 5) is 13.0. The Morgan fingerprint density at radius 3 is 2.48 bits per heavy atom. The highest BCUT2D eigenvalue weighted by Gasteiger charge is 2.21. The molecule has 0 saturated heterocycles. The number of amides is 1. The molecule has 0 unspecified atom stereocenters. The summed E-state index contributed by atoms with van der Waals surface area (Å²) in [5, 5.41) is 5.19. The fourth-order valence-electron chi connectivity index (χ4n) is 3.36. The third-order valence-electron chi connectivity index (χ3n) is 4.48. The maximum Gasteiger partial charge on any atom is 0.272 e. The third-order valence-corrected chi connectivity index (χ3v) is 5.01. The van der Waals surface area contributed by atoms with E-state index in [4.69, 9.17) is 23.2 Å². The van der Waals surface area contributed by atoms with Gasteiger partial charge in [-0.25, -0.2) is 0 Å². The van der Waals surface area contributed by atoms with Crippen LogP contribution in [0.4, 0.5) is 5.69 Å². The summed E-state index contributed by atoms with van der Waals surface area (Å²) < 4.78 is 2.01. The second-order valence-corrected chi connectivity index (χ2v) is 7.12. The molecule has 0 saturated carbocycles. The van der Waals surface area contributed by atoms with Gasteiger partial charge in [-0.05, 0) is 68.7 Å². The van der Waals surface area contributed by atoms with E-state index >= 15 is 0 Å². The molecule has 1 amide bonds. The minimum absolute atomic E-state index is 0.166. The molecule has 1 aromatic heterocycles. The summed E-state index contributed by atoms with van der Waals surface area (Å²) in [6.45, 7) is 8.58. The number of aromatic nitrogens is 1. The molecule has 0 bridgehead atoms. The topological polar surface area (TPSA) is 34.0 Å². The van der Waals surface area contributed by atoms with Crippen molar-refractivity contribution >= 4 is 45.7 Å². The molecule has 0 spiro atoms. The van der Waals surface area contributed by atoms with Gasteiger partial charge in [0.25, 0.3) is 5.91 Å². The number of rotatable bonds is 3. The van der Waals surface area contributed by atoms with E-state index in [0.717, 1.165) is 27.6 Å². The van der Waals surface area contributed by atoms with Gasteiger partial charge >= 0.3 is 0 Å². The number of carbonyl (C=O) groups is 1. The van der Waals surface area contributed by atoms with Gasteiger partial charge in [0.15, 0.2) is 0 Å². The molecule has 0 aliphatic carbocycles. The third kappa shape index (κ3) is 3.14. The lowest BCUT2D eigenvalue weighted by Crippen LogP contribution is -2.18. The number of nitrogens with zero attached hydrogens (tertiary/aromatic N) is 1. The predicted molar refractivity (Wildman–Crippen MR) is 106 cm³/mol. The maximum absolute atomic E-state index is 13.0. The summed E-state index contributed by atoms with van der Waals surface area (Å²) in [6.07, 6.45) is 0. The molecular weight excluding hydrogens is 355 g/mol. The van der Waals surface area contributed by atoms with Crippen molar-refractivity contribution in [1.82, 2.24) is 4.57 Å². The van der Waals surface area contributed by atoms with Crippen molar-refractivity contribution in [1.29, 1.82) is 0 Å². The molecule has 1 N–H and O–H groups in total. The van der Waals surface area contributed by atoms with Crippen molar-refractivity contribution in [2.45, 2.75) is 34.2 Å². The number of hydrogen-bond acceptors (Lipinski definition) is 1. The Kier molecular flexibility index (Phi) is 4.81. The lowest BCUT2D eigenvalue weighted by Gasteiger charge is -2.13. The molecule has 0 radical (unpaired) electrons. The molecular formula is C20H20Cl2N2O. The van der Waals surface area contributed by atoms with Crippen LogP contribution in [0.1, 0.15) is 34.1 Å². The van der Waals surface area contributed by atoms with E-state index in [1.807, 2.05) is 62.6 Å². The highest BCUT2D eigenvalue weighted by atomic mass is 35.5. The monoisotopic (exact) mass is 374 g/mol. The SMILES string of the molecule is CCn1c(C(=O)Nc2c(C)cc(C)cc2Cl)c(C)c2cc(Cl)ccc21. The summed E-state index contributed by atoms with van der Waals surface area (Å²) in [5.74, 6) is -0.166. The zero-order valence-electron chi connectivity index (χ0n) is 14.7. The first kappa shape index (κ1) is 17.8. The van der Waals surface area contributed by atoms with Gasteiger partial charge in [0.05, 0.1) is 10.7 Å². The molecule has 5 heteroatoms. The molecule has 2 aromatic carbocycles. The average molecular weight is 375 g/mol. The Morgan fingerprint density at radius 2 is 1.84 bits per heavy atom. The highest BCUT2D eigenvalue weighted by Crippen LogP contribution is 2.31. The van der Waals surface area contributed by atoms with Crippen molar-refractivity contribution in [3.63, 3.8) is 0 Å². The molecule has 3 rings (SSSR count). The fourth-order valence-corrected chi connectivity index (χ4v) is 3.90. The van der Waals surface area contributed by atoms with E-state index in [2.05, 4.69) is 5.32 Å². The standard InChI is InChI=1S/C20H20Cl2N2O/c1-5-24-17-7-6-14(21)10-15(17)13(4)19(24)20(25)23-18-12(3)8-11(2)9-16(18)22/h6-10H,5H2,1-4H3,(H,23,25). The van der Waals surface area contributed by atoms with E-state index in [1.165, 1.54) is 0 Å². The zero-order valence-corrected chi connectivity index (χ0v) is 16.2. The Labute approximate surface area is 157 Å². The molecule has 3 nitrogen and oxygen atoms in total. The van der Waals surface area contributed by atoms with Gasteiger partial charge < -0.3 is 9.88 Å². The average Bonchev–Trinajstić information content (AvgIpc) is 2.82. The van der Waals surface area contributed by atoms with Gasteiger partial charge in [0.2, 0.25) is 0 Å². The minimum atomic E-state index is -0.166. The number of halogens is 2. The van der Waals surface area contributed by atoms with Crippen LogP contribution < -0.4 is 5.32 Å². The van der Waals surface area contributed by atoms with Crippen LogP contribution in [0.5, 0.6) is 0 Å². The number of nitrogens with one attached hydrogen (secondary N) is 1.